The van der Waals surface area contributed by atoms with Crippen molar-refractivity contribution in [3.05, 3.63) is 23.9 Å². The summed E-state index contributed by atoms with van der Waals surface area (Å²) in [6.45, 7) is 9.59. The third-order valence-corrected chi connectivity index (χ3v) is 8.19. The van der Waals surface area contributed by atoms with Crippen molar-refractivity contribution in [2.24, 2.45) is 11.8 Å². The van der Waals surface area contributed by atoms with Crippen LogP contribution in [0.5, 0.6) is 0 Å². The van der Waals surface area contributed by atoms with Crippen LogP contribution in [-0.2, 0) is 23.9 Å². The Morgan fingerprint density at radius 3 is 2.46 bits per heavy atom. The van der Waals surface area contributed by atoms with Crippen molar-refractivity contribution in [1.29, 1.82) is 0 Å². The van der Waals surface area contributed by atoms with E-state index in [1.54, 1.807) is 48.4 Å². The molecule has 0 unspecified atom stereocenters. The van der Waals surface area contributed by atoms with Crippen LogP contribution in [0.15, 0.2) is 23.9 Å². The van der Waals surface area contributed by atoms with Gasteiger partial charge in [0.2, 0.25) is 11.8 Å². The third-order valence-electron chi connectivity index (χ3n) is 5.74. The second-order valence-electron chi connectivity index (χ2n) is 9.27. The zero-order valence-electron chi connectivity index (χ0n) is 21.1. The zero-order chi connectivity index (χ0) is 26.0. The number of ether oxygens (including phenoxy) is 1. The first-order chi connectivity index (χ1) is 16.6. The van der Waals surface area contributed by atoms with Crippen molar-refractivity contribution in [3.63, 3.8) is 0 Å². The standard InChI is InChI=1S/C24H38N4O5S2/c1-6-17-22(30)28-21(15(4)5)24(32)33-16-9-7-8-10-34-35-13-19(23(31)27-17)25-12-18(14(2)3)26-20(29)11-16/h6-7,9,14-16,18-19,21,25H,8,10-13H2,1-5H3,(H,26,29)(H,27,31)(H,28,30)/b9-7+,17-6-/t16-,18+,19-,21+/m1/s1. The van der Waals surface area contributed by atoms with Crippen LogP contribution in [0.25, 0.3) is 0 Å². The normalized spacial score (nSPS) is 30.3. The smallest absolute Gasteiger partial charge is 0.329 e. The second kappa shape index (κ2) is 14.5. The summed E-state index contributed by atoms with van der Waals surface area (Å²) in [7, 11) is 3.21. The predicted octanol–water partition coefficient (Wildman–Crippen LogP) is 1.90. The number of esters is 1. The molecule has 4 atom stereocenters. The molecule has 2 aliphatic rings. The van der Waals surface area contributed by atoms with E-state index in [0.717, 1.165) is 12.2 Å². The molecule has 1 saturated heterocycles. The molecule has 0 aromatic rings. The molecule has 11 heteroatoms. The maximum absolute atomic E-state index is 13.2. The van der Waals surface area contributed by atoms with Gasteiger partial charge in [0.05, 0.1) is 12.5 Å². The number of carbonyl (C=O) groups excluding carboxylic acids is 4. The van der Waals surface area contributed by atoms with Crippen molar-refractivity contribution in [2.45, 2.75) is 71.7 Å². The molecule has 4 N–H and O–H groups in total. The quantitative estimate of drug-likeness (QED) is 0.186. The van der Waals surface area contributed by atoms with Crippen LogP contribution in [0, 0.1) is 11.8 Å². The van der Waals surface area contributed by atoms with Gasteiger partial charge < -0.3 is 26.0 Å². The topological polar surface area (TPSA) is 126 Å². The number of nitrogens with one attached hydrogen (secondary N) is 4. The summed E-state index contributed by atoms with van der Waals surface area (Å²) in [6.07, 6.45) is 5.09. The van der Waals surface area contributed by atoms with Gasteiger partial charge in [-0.2, -0.15) is 0 Å². The monoisotopic (exact) mass is 526 g/mol. The van der Waals surface area contributed by atoms with Gasteiger partial charge in [-0.25, -0.2) is 4.79 Å². The molecular formula is C24H38N4O5S2. The van der Waals surface area contributed by atoms with Gasteiger partial charge in [-0.15, -0.1) is 0 Å². The van der Waals surface area contributed by atoms with Crippen molar-refractivity contribution in [3.8, 4) is 0 Å². The largest absolute Gasteiger partial charge is 0.456 e. The number of hydrogen-bond acceptors (Lipinski definition) is 8. The second-order valence-corrected chi connectivity index (χ2v) is 11.9. The number of carbonyl (C=O) groups is 4. The van der Waals surface area contributed by atoms with E-state index < -0.39 is 30.1 Å². The van der Waals surface area contributed by atoms with E-state index in [4.69, 9.17) is 4.74 Å². The molecule has 2 bridgehead atoms. The average Bonchev–Trinajstić information content (AvgIpc) is 2.79. The lowest BCUT2D eigenvalue weighted by molar-refractivity contribution is -0.153. The molecule has 0 spiro atoms. The minimum absolute atomic E-state index is 0.0316. The fraction of sp³-hybridized carbons (Fsp3) is 0.667. The molecule has 2 heterocycles. The Bertz CT molecular complexity index is 831. The summed E-state index contributed by atoms with van der Waals surface area (Å²) in [5.41, 5.74) is 0.0690. The lowest BCUT2D eigenvalue weighted by Crippen LogP contribution is -2.54. The Morgan fingerprint density at radius 1 is 1.06 bits per heavy atom. The van der Waals surface area contributed by atoms with Gasteiger partial charge in [0.1, 0.15) is 17.8 Å². The summed E-state index contributed by atoms with van der Waals surface area (Å²) >= 11 is 0. The van der Waals surface area contributed by atoms with Crippen molar-refractivity contribution in [2.75, 3.05) is 18.1 Å². The fourth-order valence-electron chi connectivity index (χ4n) is 3.51. The zero-order valence-corrected chi connectivity index (χ0v) is 22.7. The summed E-state index contributed by atoms with van der Waals surface area (Å²) in [5.74, 6) is -0.686. The number of allylic oxidation sites excluding steroid dienone is 2. The van der Waals surface area contributed by atoms with Crippen LogP contribution in [0.3, 0.4) is 0 Å². The third kappa shape index (κ3) is 9.53. The van der Waals surface area contributed by atoms with E-state index in [2.05, 4.69) is 21.3 Å². The average molecular weight is 527 g/mol. The highest BCUT2D eigenvalue weighted by Crippen LogP contribution is 2.24. The number of amides is 3. The van der Waals surface area contributed by atoms with Crippen molar-refractivity contribution in [1.82, 2.24) is 21.3 Å². The van der Waals surface area contributed by atoms with Crippen LogP contribution in [0.1, 0.15) is 47.5 Å². The van der Waals surface area contributed by atoms with Gasteiger partial charge >= 0.3 is 5.97 Å². The molecule has 9 nitrogen and oxygen atoms in total. The van der Waals surface area contributed by atoms with E-state index in [0.29, 0.717) is 12.3 Å². The Balaban J connectivity index is 2.49. The molecular weight excluding hydrogens is 488 g/mol. The summed E-state index contributed by atoms with van der Waals surface area (Å²) in [6, 6.07) is -1.76. The minimum atomic E-state index is -0.944. The SMILES string of the molecule is C/C=C1\NC(=O)[C@H]2CSSCC/C=C/[C@H](CC(=O)N[C@H](C(C)C)CN2)OC(=O)[C@H](C(C)C)NC1=O. The maximum atomic E-state index is 13.2. The van der Waals surface area contributed by atoms with Crippen LogP contribution < -0.4 is 21.3 Å². The van der Waals surface area contributed by atoms with E-state index in [-0.39, 0.29) is 41.8 Å². The maximum Gasteiger partial charge on any atom is 0.329 e. The van der Waals surface area contributed by atoms with Crippen LogP contribution in [0.4, 0.5) is 0 Å². The molecule has 0 aromatic carbocycles. The van der Waals surface area contributed by atoms with Crippen LogP contribution in [-0.4, -0.2) is 66.0 Å². The first-order valence-corrected chi connectivity index (χ1v) is 14.5. The van der Waals surface area contributed by atoms with E-state index >= 15 is 0 Å². The number of fused-ring (bicyclic) bond motifs is 7. The summed E-state index contributed by atoms with van der Waals surface area (Å²) in [4.78, 5) is 52.1. The molecule has 0 radical (unpaired) electrons. The molecule has 3 amide bonds. The molecule has 0 aromatic heterocycles. The molecule has 0 aliphatic carbocycles. The fourth-order valence-corrected chi connectivity index (χ4v) is 5.70. The Kier molecular flexibility index (Phi) is 12.2. The molecule has 1 fully saturated rings. The van der Waals surface area contributed by atoms with Gasteiger partial charge in [0, 0.05) is 24.1 Å². The van der Waals surface area contributed by atoms with Crippen LogP contribution >= 0.6 is 21.6 Å². The van der Waals surface area contributed by atoms with Crippen LogP contribution in [0.2, 0.25) is 0 Å². The molecule has 2 aliphatic heterocycles. The summed E-state index contributed by atoms with van der Waals surface area (Å²) < 4.78 is 5.71. The lowest BCUT2D eigenvalue weighted by Gasteiger charge is -2.28. The summed E-state index contributed by atoms with van der Waals surface area (Å²) in [5, 5.41) is 11.7. The molecule has 2 rings (SSSR count). The first-order valence-electron chi connectivity index (χ1n) is 12.0. The van der Waals surface area contributed by atoms with Gasteiger partial charge in [0.15, 0.2) is 0 Å². The molecule has 0 saturated carbocycles. The first kappa shape index (κ1) is 29.3. The van der Waals surface area contributed by atoms with Gasteiger partial charge in [-0.1, -0.05) is 61.4 Å². The van der Waals surface area contributed by atoms with E-state index in [1.807, 2.05) is 19.9 Å². The Morgan fingerprint density at radius 2 is 1.80 bits per heavy atom. The highest BCUT2D eigenvalue weighted by atomic mass is 33.1. The molecule has 196 valence electrons. The van der Waals surface area contributed by atoms with E-state index in [1.165, 1.54) is 6.08 Å². The Labute approximate surface area is 215 Å². The lowest BCUT2D eigenvalue weighted by atomic mass is 10.0. The highest BCUT2D eigenvalue weighted by molar-refractivity contribution is 8.76. The highest BCUT2D eigenvalue weighted by Gasteiger charge is 2.31. The minimum Gasteiger partial charge on any atom is -0.456 e. The van der Waals surface area contributed by atoms with Gasteiger partial charge in [-0.05, 0) is 31.3 Å². The van der Waals surface area contributed by atoms with E-state index in [9.17, 15) is 19.2 Å². The Hall–Kier alpha value is -1.98. The van der Waals surface area contributed by atoms with Crippen molar-refractivity contribution < 1.29 is 23.9 Å². The molecule has 35 heavy (non-hydrogen) atoms. The number of hydrogen-bond donors (Lipinski definition) is 4. The van der Waals surface area contributed by atoms with Gasteiger partial charge in [0.25, 0.3) is 5.91 Å². The van der Waals surface area contributed by atoms with Crippen molar-refractivity contribution >= 4 is 45.3 Å². The predicted molar refractivity (Wildman–Crippen MR) is 140 cm³/mol. The number of rotatable bonds is 2. The van der Waals surface area contributed by atoms with Gasteiger partial charge in [-0.3, -0.25) is 14.4 Å².